The minimum absolute atomic E-state index is 0.152. The Labute approximate surface area is 273 Å². The lowest BCUT2D eigenvalue weighted by atomic mass is 9.70. The Bertz CT molecular complexity index is 1420. The lowest BCUT2D eigenvalue weighted by Crippen LogP contribution is -2.56. The summed E-state index contributed by atoms with van der Waals surface area (Å²) in [6, 6.07) is 5.43. The quantitative estimate of drug-likeness (QED) is 0.111. The number of nitrogens with one attached hydrogen (secondary N) is 5. The molecule has 3 aliphatic rings. The number of fused-ring (bicyclic) bond motifs is 1. The highest BCUT2D eigenvalue weighted by Gasteiger charge is 2.42. The molecular formula is C33H45N7O5S. The average Bonchev–Trinajstić information content (AvgIpc) is 3.55. The zero-order chi connectivity index (χ0) is 32.7. The summed E-state index contributed by atoms with van der Waals surface area (Å²) in [5, 5.41) is 8.75. The van der Waals surface area contributed by atoms with E-state index >= 15 is 0 Å². The maximum atomic E-state index is 13.7. The molecule has 2 heterocycles. The van der Waals surface area contributed by atoms with E-state index in [1.807, 2.05) is 24.3 Å². The van der Waals surface area contributed by atoms with Crippen LogP contribution in [0, 0.1) is 11.3 Å². The monoisotopic (exact) mass is 651 g/mol. The van der Waals surface area contributed by atoms with Crippen LogP contribution >= 0.6 is 11.9 Å². The zero-order valence-electron chi connectivity index (χ0n) is 26.4. The Kier molecular flexibility index (Phi) is 11.2. The molecule has 4 amide bonds. The molecule has 46 heavy (non-hydrogen) atoms. The minimum atomic E-state index is -0.950. The second-order valence-corrected chi connectivity index (χ2v) is 13.8. The van der Waals surface area contributed by atoms with E-state index in [0.717, 1.165) is 56.0 Å². The molecule has 5 rings (SSSR count). The van der Waals surface area contributed by atoms with Crippen LogP contribution in [0.5, 0.6) is 0 Å². The lowest BCUT2D eigenvalue weighted by Gasteiger charge is -2.39. The third kappa shape index (κ3) is 8.35. The first kappa shape index (κ1) is 33.6. The standard InChI is InChI=1S/C33H45N7O5S/c1-3-17-34-30(44)27(42)24(19-21-13-14-21)36-29(43)25-12-9-18-40(25)26(41)20-35-31(45)28(33(2)15-7-4-8-16-33)39-46-32-37-22-10-5-6-11-23(22)38-32/h3,5-6,10-11,21,24-25,28,39H,1,4,7-9,12-20H2,2H3,(H,34,44)(H,35,45)(H,36,43)(H,37,38). The van der Waals surface area contributed by atoms with Crippen molar-refractivity contribution in [3.05, 3.63) is 36.9 Å². The molecule has 2 aromatic rings. The van der Waals surface area contributed by atoms with Gasteiger partial charge in [0.25, 0.3) is 5.91 Å². The third-order valence-electron chi connectivity index (χ3n) is 9.42. The molecule has 3 fully saturated rings. The van der Waals surface area contributed by atoms with Gasteiger partial charge in [0, 0.05) is 13.1 Å². The van der Waals surface area contributed by atoms with Gasteiger partial charge in [-0.05, 0) is 67.5 Å². The number of aromatic amines is 1. The van der Waals surface area contributed by atoms with Gasteiger partial charge >= 0.3 is 0 Å². The summed E-state index contributed by atoms with van der Waals surface area (Å²) >= 11 is 1.27. The van der Waals surface area contributed by atoms with Gasteiger partial charge in [-0.25, -0.2) is 9.71 Å². The summed E-state index contributed by atoms with van der Waals surface area (Å²) in [5.41, 5.74) is 1.44. The van der Waals surface area contributed by atoms with E-state index < -0.39 is 35.7 Å². The number of aromatic nitrogens is 2. The van der Waals surface area contributed by atoms with Crippen LogP contribution < -0.4 is 20.7 Å². The molecule has 2 saturated carbocycles. The van der Waals surface area contributed by atoms with Crippen molar-refractivity contribution >= 4 is 52.4 Å². The van der Waals surface area contributed by atoms with Crippen LogP contribution in [0.1, 0.15) is 71.1 Å². The molecule has 1 aliphatic heterocycles. The molecule has 1 aromatic carbocycles. The van der Waals surface area contributed by atoms with Crippen LogP contribution in [0.25, 0.3) is 11.0 Å². The number of hydrogen-bond donors (Lipinski definition) is 5. The van der Waals surface area contributed by atoms with Crippen molar-refractivity contribution in [3.63, 3.8) is 0 Å². The fourth-order valence-corrected chi connectivity index (χ4v) is 7.48. The van der Waals surface area contributed by atoms with E-state index in [1.54, 1.807) is 0 Å². The van der Waals surface area contributed by atoms with Gasteiger partial charge in [0.05, 0.1) is 23.6 Å². The molecule has 3 unspecified atom stereocenters. The first-order chi connectivity index (χ1) is 22.2. The predicted molar refractivity (Wildman–Crippen MR) is 175 cm³/mol. The number of benzene rings is 1. The molecule has 2 aliphatic carbocycles. The second kappa shape index (κ2) is 15.3. The van der Waals surface area contributed by atoms with Crippen LogP contribution in [-0.4, -0.2) is 82.0 Å². The number of amides is 4. The van der Waals surface area contributed by atoms with Gasteiger partial charge in [-0.15, -0.1) is 6.58 Å². The molecular weight excluding hydrogens is 606 g/mol. The van der Waals surface area contributed by atoms with Gasteiger partial charge in [-0.3, -0.25) is 24.0 Å². The largest absolute Gasteiger partial charge is 0.346 e. The van der Waals surface area contributed by atoms with Crippen molar-refractivity contribution in [2.24, 2.45) is 11.3 Å². The van der Waals surface area contributed by atoms with Crippen molar-refractivity contribution < 1.29 is 24.0 Å². The average molecular weight is 652 g/mol. The summed E-state index contributed by atoms with van der Waals surface area (Å²) in [4.78, 5) is 75.0. The maximum absolute atomic E-state index is 13.7. The van der Waals surface area contributed by atoms with Crippen LogP contribution in [0.4, 0.5) is 0 Å². The number of nitrogens with zero attached hydrogens (tertiary/aromatic N) is 2. The van der Waals surface area contributed by atoms with E-state index in [9.17, 15) is 24.0 Å². The van der Waals surface area contributed by atoms with Crippen molar-refractivity contribution in [3.8, 4) is 0 Å². The summed E-state index contributed by atoms with van der Waals surface area (Å²) < 4.78 is 3.35. The summed E-state index contributed by atoms with van der Waals surface area (Å²) in [6.07, 6.45) is 9.79. The SMILES string of the molecule is C=CCNC(=O)C(=O)C(CC1CC1)NC(=O)C1CCCN1C(=O)CNC(=O)C(NSc1nc2ccccc2[nH]1)C1(C)CCCCC1. The predicted octanol–water partition coefficient (Wildman–Crippen LogP) is 2.76. The van der Waals surface area contributed by atoms with Gasteiger partial charge in [0.2, 0.25) is 23.5 Å². The Morgan fingerprint density at radius 1 is 1.09 bits per heavy atom. The highest BCUT2D eigenvalue weighted by atomic mass is 32.2. The number of hydrogen-bond acceptors (Lipinski definition) is 8. The van der Waals surface area contributed by atoms with E-state index in [4.69, 9.17) is 0 Å². The van der Waals surface area contributed by atoms with Crippen LogP contribution in [0.3, 0.4) is 0 Å². The number of imidazole rings is 1. The van der Waals surface area contributed by atoms with E-state index in [-0.39, 0.29) is 36.2 Å². The third-order valence-corrected chi connectivity index (χ3v) is 10.2. The first-order valence-corrected chi connectivity index (χ1v) is 17.2. The molecule has 5 N–H and O–H groups in total. The number of ketones is 1. The molecule has 0 radical (unpaired) electrons. The second-order valence-electron chi connectivity index (χ2n) is 13.0. The Balaban J connectivity index is 1.20. The number of Topliss-reactive ketones (excluding diaryl/α,β-unsaturated/α-hetero) is 1. The van der Waals surface area contributed by atoms with Crippen LogP contribution in [-0.2, 0) is 24.0 Å². The number of H-pyrrole nitrogens is 1. The molecule has 0 bridgehead atoms. The normalized spacial score (nSPS) is 20.5. The van der Waals surface area contributed by atoms with Gasteiger partial charge in [0.15, 0.2) is 5.16 Å². The van der Waals surface area contributed by atoms with Crippen molar-refractivity contribution in [1.82, 2.24) is 35.5 Å². The highest BCUT2D eigenvalue weighted by molar-refractivity contribution is 7.97. The topological polar surface area (TPSA) is 165 Å². The number of carbonyl (C=O) groups excluding carboxylic acids is 5. The molecule has 1 aromatic heterocycles. The molecule has 3 atom stereocenters. The van der Waals surface area contributed by atoms with Crippen LogP contribution in [0.15, 0.2) is 42.1 Å². The lowest BCUT2D eigenvalue weighted by molar-refractivity contribution is -0.142. The van der Waals surface area contributed by atoms with E-state index in [1.165, 1.54) is 22.9 Å². The van der Waals surface area contributed by atoms with Gasteiger partial charge in [0.1, 0.15) is 12.1 Å². The smallest absolute Gasteiger partial charge is 0.289 e. The summed E-state index contributed by atoms with van der Waals surface area (Å²) in [6.45, 7) is 5.93. The van der Waals surface area contributed by atoms with Crippen molar-refractivity contribution in [1.29, 1.82) is 0 Å². The number of rotatable bonds is 15. The van der Waals surface area contributed by atoms with E-state index in [2.05, 4.69) is 44.1 Å². The molecule has 0 spiro atoms. The fourth-order valence-electron chi connectivity index (χ4n) is 6.55. The first-order valence-electron chi connectivity index (χ1n) is 16.4. The molecule has 13 heteroatoms. The number of likely N-dealkylation sites (tertiary alicyclic amines) is 1. The molecule has 12 nitrogen and oxygen atoms in total. The van der Waals surface area contributed by atoms with Gasteiger partial charge in [-0.2, -0.15) is 0 Å². The molecule has 248 valence electrons. The number of carbonyl (C=O) groups is 5. The summed E-state index contributed by atoms with van der Waals surface area (Å²) in [5.74, 6) is -2.26. The maximum Gasteiger partial charge on any atom is 0.289 e. The Morgan fingerprint density at radius 3 is 2.57 bits per heavy atom. The van der Waals surface area contributed by atoms with Crippen molar-refractivity contribution in [2.45, 2.75) is 94.4 Å². The minimum Gasteiger partial charge on any atom is -0.346 e. The highest BCUT2D eigenvalue weighted by Crippen LogP contribution is 2.40. The van der Waals surface area contributed by atoms with E-state index in [0.29, 0.717) is 31.0 Å². The van der Waals surface area contributed by atoms with Gasteiger partial charge < -0.3 is 25.8 Å². The van der Waals surface area contributed by atoms with Crippen LogP contribution in [0.2, 0.25) is 0 Å². The number of para-hydroxylation sites is 2. The Morgan fingerprint density at radius 2 is 1.85 bits per heavy atom. The zero-order valence-corrected chi connectivity index (χ0v) is 27.3. The van der Waals surface area contributed by atoms with Crippen molar-refractivity contribution in [2.75, 3.05) is 19.6 Å². The fraction of sp³-hybridized carbons (Fsp3) is 0.576. The summed E-state index contributed by atoms with van der Waals surface area (Å²) in [7, 11) is 0. The van der Waals surface area contributed by atoms with Gasteiger partial charge in [-0.1, -0.05) is 57.2 Å². The Hall–Kier alpha value is -3.71. The molecule has 1 saturated heterocycles.